The van der Waals surface area contributed by atoms with Gasteiger partial charge in [-0.1, -0.05) is 12.1 Å². The minimum absolute atomic E-state index is 0.0342. The highest BCUT2D eigenvalue weighted by Crippen LogP contribution is 2.31. The van der Waals surface area contributed by atoms with Crippen LogP contribution in [-0.2, 0) is 15.8 Å². The summed E-state index contributed by atoms with van der Waals surface area (Å²) in [6.07, 6.45) is -5.30. The van der Waals surface area contributed by atoms with Gasteiger partial charge in [0, 0.05) is 6.42 Å². The van der Waals surface area contributed by atoms with Crippen LogP contribution in [0.2, 0.25) is 0 Å². The van der Waals surface area contributed by atoms with Crippen LogP contribution >= 0.6 is 0 Å². The van der Waals surface area contributed by atoms with E-state index in [1.165, 1.54) is 6.07 Å². The molecule has 0 aliphatic rings. The highest BCUT2D eigenvalue weighted by atomic mass is 19.4. The van der Waals surface area contributed by atoms with Gasteiger partial charge in [-0.25, -0.2) is 4.79 Å². The second kappa shape index (κ2) is 7.61. The van der Waals surface area contributed by atoms with Crippen molar-refractivity contribution < 1.29 is 37.8 Å². The van der Waals surface area contributed by atoms with Gasteiger partial charge in [-0.3, -0.25) is 9.59 Å². The van der Waals surface area contributed by atoms with Crippen molar-refractivity contribution in [2.24, 2.45) is 0 Å². The van der Waals surface area contributed by atoms with Gasteiger partial charge in [-0.05, 0) is 25.0 Å². The van der Waals surface area contributed by atoms with E-state index < -0.39 is 41.2 Å². The molecular weight excluding hydrogens is 319 g/mol. The van der Waals surface area contributed by atoms with Gasteiger partial charge in [0.05, 0.1) is 11.1 Å². The van der Waals surface area contributed by atoms with Gasteiger partial charge < -0.3 is 15.5 Å². The van der Waals surface area contributed by atoms with Crippen molar-refractivity contribution in [3.63, 3.8) is 0 Å². The number of benzene rings is 1. The molecule has 0 spiro atoms. The Balaban J connectivity index is 2.88. The molecule has 0 saturated carbocycles. The lowest BCUT2D eigenvalue weighted by atomic mass is 10.0. The molecule has 0 aliphatic carbocycles. The van der Waals surface area contributed by atoms with E-state index in [1.54, 1.807) is 0 Å². The molecule has 23 heavy (non-hydrogen) atoms. The quantitative estimate of drug-likeness (QED) is 0.709. The van der Waals surface area contributed by atoms with Gasteiger partial charge in [0.1, 0.15) is 6.04 Å². The molecule has 1 rings (SSSR count). The maximum atomic E-state index is 12.8. The standard InChI is InChI=1S/C14H14F3NO5/c15-14(16,17)9-5-2-1-4-8(9)12(21)18-10(13(22)23)6-3-7-11(19)20/h1-2,4-5,10H,3,6-7H2,(H,18,21)(H,19,20)(H,22,23). The largest absolute Gasteiger partial charge is 0.481 e. The fourth-order valence-corrected chi connectivity index (χ4v) is 1.88. The first-order valence-electron chi connectivity index (χ1n) is 6.54. The van der Waals surface area contributed by atoms with Crippen LogP contribution in [0.3, 0.4) is 0 Å². The molecule has 0 heterocycles. The number of amides is 1. The number of carboxylic acid groups (broad SMARTS) is 2. The predicted molar refractivity (Wildman–Crippen MR) is 71.8 cm³/mol. The zero-order chi connectivity index (χ0) is 17.6. The van der Waals surface area contributed by atoms with Crippen molar-refractivity contribution in [2.75, 3.05) is 0 Å². The van der Waals surface area contributed by atoms with Crippen LogP contribution in [0.5, 0.6) is 0 Å². The van der Waals surface area contributed by atoms with E-state index in [9.17, 15) is 27.6 Å². The fraction of sp³-hybridized carbons (Fsp3) is 0.357. The maximum absolute atomic E-state index is 12.8. The number of carboxylic acids is 2. The Labute approximate surface area is 128 Å². The van der Waals surface area contributed by atoms with Gasteiger partial charge >= 0.3 is 18.1 Å². The Morgan fingerprint density at radius 2 is 1.74 bits per heavy atom. The first-order valence-corrected chi connectivity index (χ1v) is 6.54. The highest BCUT2D eigenvalue weighted by molar-refractivity contribution is 5.98. The molecule has 0 radical (unpaired) electrons. The van der Waals surface area contributed by atoms with Crippen LogP contribution in [-0.4, -0.2) is 34.1 Å². The second-order valence-corrected chi connectivity index (χ2v) is 4.69. The molecule has 1 unspecified atom stereocenters. The summed E-state index contributed by atoms with van der Waals surface area (Å²) in [6.45, 7) is 0. The maximum Gasteiger partial charge on any atom is 0.417 e. The summed E-state index contributed by atoms with van der Waals surface area (Å²) >= 11 is 0. The molecule has 0 saturated heterocycles. The number of nitrogens with one attached hydrogen (secondary N) is 1. The minimum Gasteiger partial charge on any atom is -0.481 e. The number of aliphatic carboxylic acids is 2. The van der Waals surface area contributed by atoms with Crippen molar-refractivity contribution in [1.29, 1.82) is 0 Å². The van der Waals surface area contributed by atoms with Crippen LogP contribution in [0.4, 0.5) is 13.2 Å². The van der Waals surface area contributed by atoms with Gasteiger partial charge in [0.2, 0.25) is 0 Å². The first-order chi connectivity index (χ1) is 10.6. The Bertz CT molecular complexity index is 600. The number of carbonyl (C=O) groups is 3. The van der Waals surface area contributed by atoms with Crippen molar-refractivity contribution in [1.82, 2.24) is 5.32 Å². The third kappa shape index (κ3) is 5.61. The zero-order valence-electron chi connectivity index (χ0n) is 11.8. The van der Waals surface area contributed by atoms with Crippen LogP contribution in [0.1, 0.15) is 35.2 Å². The molecule has 0 aliphatic heterocycles. The van der Waals surface area contributed by atoms with Crippen molar-refractivity contribution in [2.45, 2.75) is 31.5 Å². The Kier molecular flexibility index (Phi) is 6.11. The number of rotatable bonds is 7. The lowest BCUT2D eigenvalue weighted by Gasteiger charge is -2.16. The summed E-state index contributed by atoms with van der Waals surface area (Å²) in [5, 5.41) is 19.5. The summed E-state index contributed by atoms with van der Waals surface area (Å²) in [5.74, 6) is -3.77. The van der Waals surface area contributed by atoms with Crippen molar-refractivity contribution in [3.8, 4) is 0 Å². The molecule has 6 nitrogen and oxygen atoms in total. The van der Waals surface area contributed by atoms with Crippen LogP contribution in [0.15, 0.2) is 24.3 Å². The average molecular weight is 333 g/mol. The van der Waals surface area contributed by atoms with Crippen LogP contribution in [0.25, 0.3) is 0 Å². The third-order valence-corrected chi connectivity index (χ3v) is 2.96. The van der Waals surface area contributed by atoms with E-state index in [4.69, 9.17) is 10.2 Å². The Hall–Kier alpha value is -2.58. The predicted octanol–water partition coefficient (Wildman–Crippen LogP) is 2.14. The van der Waals surface area contributed by atoms with Crippen LogP contribution in [0, 0.1) is 0 Å². The van der Waals surface area contributed by atoms with Gasteiger partial charge in [0.15, 0.2) is 0 Å². The summed E-state index contributed by atoms with van der Waals surface area (Å²) in [5.41, 5.74) is -1.86. The van der Waals surface area contributed by atoms with E-state index in [-0.39, 0.29) is 19.3 Å². The number of halogens is 3. The molecule has 126 valence electrons. The third-order valence-electron chi connectivity index (χ3n) is 2.96. The first kappa shape index (κ1) is 18.5. The molecular formula is C14H14F3NO5. The summed E-state index contributed by atoms with van der Waals surface area (Å²) in [4.78, 5) is 33.4. The van der Waals surface area contributed by atoms with Crippen LogP contribution < -0.4 is 5.32 Å². The molecule has 1 amide bonds. The average Bonchev–Trinajstić information content (AvgIpc) is 2.44. The number of alkyl halides is 3. The molecule has 3 N–H and O–H groups in total. The van der Waals surface area contributed by atoms with Crippen molar-refractivity contribution in [3.05, 3.63) is 35.4 Å². The molecule has 0 aromatic heterocycles. The summed E-state index contributed by atoms with van der Waals surface area (Å²) < 4.78 is 38.5. The fourth-order valence-electron chi connectivity index (χ4n) is 1.88. The van der Waals surface area contributed by atoms with E-state index in [0.717, 1.165) is 18.2 Å². The van der Waals surface area contributed by atoms with Gasteiger partial charge in [-0.15, -0.1) is 0 Å². The number of carbonyl (C=O) groups excluding carboxylic acids is 1. The topological polar surface area (TPSA) is 104 Å². The van der Waals surface area contributed by atoms with E-state index in [1.807, 2.05) is 5.32 Å². The molecule has 0 fully saturated rings. The van der Waals surface area contributed by atoms with Gasteiger partial charge in [-0.2, -0.15) is 13.2 Å². The van der Waals surface area contributed by atoms with E-state index in [2.05, 4.69) is 0 Å². The smallest absolute Gasteiger partial charge is 0.417 e. The van der Waals surface area contributed by atoms with E-state index in [0.29, 0.717) is 0 Å². The second-order valence-electron chi connectivity index (χ2n) is 4.69. The SMILES string of the molecule is O=C(O)CCCC(NC(=O)c1ccccc1C(F)(F)F)C(=O)O. The van der Waals surface area contributed by atoms with E-state index >= 15 is 0 Å². The number of hydrogen-bond donors (Lipinski definition) is 3. The molecule has 1 atom stereocenters. The minimum atomic E-state index is -4.75. The molecule has 1 aromatic carbocycles. The lowest BCUT2D eigenvalue weighted by molar-refractivity contribution is -0.140. The molecule has 0 bridgehead atoms. The monoisotopic (exact) mass is 333 g/mol. The lowest BCUT2D eigenvalue weighted by Crippen LogP contribution is -2.41. The summed E-state index contributed by atoms with van der Waals surface area (Å²) in [7, 11) is 0. The molecule has 9 heteroatoms. The Morgan fingerprint density at radius 3 is 2.26 bits per heavy atom. The van der Waals surface area contributed by atoms with Gasteiger partial charge in [0.25, 0.3) is 5.91 Å². The zero-order valence-corrected chi connectivity index (χ0v) is 11.8. The van der Waals surface area contributed by atoms with Crippen molar-refractivity contribution >= 4 is 17.8 Å². The highest BCUT2D eigenvalue weighted by Gasteiger charge is 2.35. The normalized spacial score (nSPS) is 12.5. The summed E-state index contributed by atoms with van der Waals surface area (Å²) in [6, 6.07) is 2.53. The Morgan fingerprint density at radius 1 is 1.13 bits per heavy atom. The molecule has 1 aromatic rings. The number of hydrogen-bond acceptors (Lipinski definition) is 3.